The number of hydrogen-bond acceptors (Lipinski definition) is 5. The Hall–Kier alpha value is -1.85. The average molecular weight is 359 g/mol. The molecular weight excluding hydrogens is 340 g/mol. The molecule has 1 fully saturated rings. The molecule has 0 spiro atoms. The maximum atomic E-state index is 6.43. The average Bonchev–Trinajstić information content (AvgIpc) is 3.14. The zero-order valence-corrected chi connectivity index (χ0v) is 15.2. The normalized spacial score (nSPS) is 15.7. The largest absolute Gasteiger partial charge is 0.359 e. The van der Waals surface area contributed by atoms with Crippen molar-refractivity contribution in [3.8, 4) is 0 Å². The predicted molar refractivity (Wildman–Crippen MR) is 102 cm³/mol. The number of benzene rings is 1. The Morgan fingerprint density at radius 2 is 1.96 bits per heavy atom. The zero-order chi connectivity index (χ0) is 16.7. The van der Waals surface area contributed by atoms with Crippen LogP contribution in [0.1, 0.15) is 32.3 Å². The summed E-state index contributed by atoms with van der Waals surface area (Å²) < 4.78 is 1.09. The van der Waals surface area contributed by atoms with Crippen LogP contribution in [0.15, 0.2) is 35.7 Å². The lowest BCUT2D eigenvalue weighted by molar-refractivity contribution is 0.801. The van der Waals surface area contributed by atoms with Gasteiger partial charge in [-0.05, 0) is 49.8 Å². The molecule has 1 aliphatic carbocycles. The molecule has 2 heterocycles. The van der Waals surface area contributed by atoms with Crippen molar-refractivity contribution in [1.29, 1.82) is 0 Å². The summed E-state index contributed by atoms with van der Waals surface area (Å²) in [5, 5.41) is 9.82. The molecule has 4 nitrogen and oxygen atoms in total. The Labute approximate surface area is 150 Å². The standard InChI is InChI=1S/C18H19ClN4S/c1-11(2)20-17-21-14-7-10-24-15(14)16(22-17)23-18(8-9-18)12-5-3-4-6-13(12)19/h3-7,10-11H,8-9H2,1-2H3,(H2,20,21,22,23). The summed E-state index contributed by atoms with van der Waals surface area (Å²) in [6, 6.07) is 10.4. The Bertz CT molecular complexity index is 886. The van der Waals surface area contributed by atoms with Gasteiger partial charge in [0.25, 0.3) is 0 Å². The summed E-state index contributed by atoms with van der Waals surface area (Å²) in [5.41, 5.74) is 2.00. The topological polar surface area (TPSA) is 49.8 Å². The van der Waals surface area contributed by atoms with Crippen LogP contribution in [0, 0.1) is 0 Å². The molecule has 1 aliphatic rings. The summed E-state index contributed by atoms with van der Waals surface area (Å²) in [4.78, 5) is 9.33. The van der Waals surface area contributed by atoms with Gasteiger partial charge in [0, 0.05) is 11.1 Å². The summed E-state index contributed by atoms with van der Waals surface area (Å²) in [6.07, 6.45) is 2.11. The van der Waals surface area contributed by atoms with Crippen LogP contribution in [-0.4, -0.2) is 16.0 Å². The van der Waals surface area contributed by atoms with Crippen molar-refractivity contribution >= 4 is 44.9 Å². The molecular formula is C18H19ClN4S. The molecule has 0 amide bonds. The molecule has 0 radical (unpaired) electrons. The molecule has 124 valence electrons. The molecule has 4 rings (SSSR count). The van der Waals surface area contributed by atoms with E-state index in [4.69, 9.17) is 16.6 Å². The van der Waals surface area contributed by atoms with E-state index in [2.05, 4.69) is 40.9 Å². The van der Waals surface area contributed by atoms with Gasteiger partial charge in [-0.1, -0.05) is 29.8 Å². The van der Waals surface area contributed by atoms with E-state index in [1.165, 1.54) is 0 Å². The zero-order valence-electron chi connectivity index (χ0n) is 13.6. The van der Waals surface area contributed by atoms with Gasteiger partial charge in [0.1, 0.15) is 5.82 Å². The second-order valence-corrected chi connectivity index (χ2v) is 7.84. The minimum Gasteiger partial charge on any atom is -0.359 e. The lowest BCUT2D eigenvalue weighted by atomic mass is 10.0. The van der Waals surface area contributed by atoms with E-state index < -0.39 is 0 Å². The van der Waals surface area contributed by atoms with Crippen LogP contribution in [0.3, 0.4) is 0 Å². The number of hydrogen-bond donors (Lipinski definition) is 2. The molecule has 6 heteroatoms. The van der Waals surface area contributed by atoms with E-state index in [0.29, 0.717) is 5.95 Å². The van der Waals surface area contributed by atoms with Gasteiger partial charge < -0.3 is 10.6 Å². The van der Waals surface area contributed by atoms with Crippen LogP contribution in [-0.2, 0) is 5.54 Å². The van der Waals surface area contributed by atoms with Gasteiger partial charge in [-0.2, -0.15) is 4.98 Å². The van der Waals surface area contributed by atoms with Crippen molar-refractivity contribution in [2.24, 2.45) is 0 Å². The molecule has 0 atom stereocenters. The van der Waals surface area contributed by atoms with E-state index in [-0.39, 0.29) is 11.6 Å². The van der Waals surface area contributed by atoms with Gasteiger partial charge in [0.05, 0.1) is 15.8 Å². The van der Waals surface area contributed by atoms with E-state index in [0.717, 1.165) is 39.5 Å². The van der Waals surface area contributed by atoms with Crippen molar-refractivity contribution < 1.29 is 0 Å². The number of halogens is 1. The monoisotopic (exact) mass is 358 g/mol. The highest BCUT2D eigenvalue weighted by molar-refractivity contribution is 7.17. The third-order valence-electron chi connectivity index (χ3n) is 4.22. The molecule has 0 saturated heterocycles. The third kappa shape index (κ3) is 2.82. The lowest BCUT2D eigenvalue weighted by Gasteiger charge is -2.21. The van der Waals surface area contributed by atoms with Gasteiger partial charge in [-0.15, -0.1) is 11.3 Å². The van der Waals surface area contributed by atoms with Crippen LogP contribution < -0.4 is 10.6 Å². The van der Waals surface area contributed by atoms with Crippen molar-refractivity contribution in [2.75, 3.05) is 10.6 Å². The summed E-state index contributed by atoms with van der Waals surface area (Å²) >= 11 is 8.09. The first-order chi connectivity index (χ1) is 11.6. The highest BCUT2D eigenvalue weighted by Crippen LogP contribution is 2.51. The predicted octanol–water partition coefficient (Wildman–Crippen LogP) is 5.27. The molecule has 1 saturated carbocycles. The first-order valence-corrected chi connectivity index (χ1v) is 9.38. The summed E-state index contributed by atoms with van der Waals surface area (Å²) in [7, 11) is 0. The number of aromatic nitrogens is 2. The molecule has 2 aromatic heterocycles. The Kier molecular flexibility index (Phi) is 3.85. The number of nitrogens with one attached hydrogen (secondary N) is 2. The molecule has 0 unspecified atom stereocenters. The van der Waals surface area contributed by atoms with Crippen molar-refractivity contribution in [1.82, 2.24) is 9.97 Å². The van der Waals surface area contributed by atoms with E-state index in [1.54, 1.807) is 11.3 Å². The van der Waals surface area contributed by atoms with Gasteiger partial charge in [-0.25, -0.2) is 4.98 Å². The lowest BCUT2D eigenvalue weighted by Crippen LogP contribution is -2.21. The summed E-state index contributed by atoms with van der Waals surface area (Å²) in [5.74, 6) is 1.55. The highest BCUT2D eigenvalue weighted by Gasteiger charge is 2.46. The van der Waals surface area contributed by atoms with Crippen LogP contribution in [0.25, 0.3) is 10.2 Å². The van der Waals surface area contributed by atoms with Crippen molar-refractivity contribution in [3.05, 3.63) is 46.3 Å². The first-order valence-electron chi connectivity index (χ1n) is 8.12. The van der Waals surface area contributed by atoms with E-state index in [1.807, 2.05) is 24.3 Å². The van der Waals surface area contributed by atoms with Crippen LogP contribution in [0.2, 0.25) is 5.02 Å². The van der Waals surface area contributed by atoms with E-state index >= 15 is 0 Å². The number of nitrogens with zero attached hydrogens (tertiary/aromatic N) is 2. The van der Waals surface area contributed by atoms with Crippen LogP contribution >= 0.6 is 22.9 Å². The van der Waals surface area contributed by atoms with E-state index in [9.17, 15) is 0 Å². The molecule has 1 aromatic carbocycles. The fourth-order valence-electron chi connectivity index (χ4n) is 2.93. The minimum atomic E-state index is -0.112. The van der Waals surface area contributed by atoms with Gasteiger partial charge in [0.2, 0.25) is 5.95 Å². The number of thiophene rings is 1. The maximum absolute atomic E-state index is 6.43. The number of fused-ring (bicyclic) bond motifs is 1. The second kappa shape index (κ2) is 5.90. The molecule has 3 aromatic rings. The minimum absolute atomic E-state index is 0.112. The molecule has 0 aliphatic heterocycles. The Morgan fingerprint density at radius 3 is 2.67 bits per heavy atom. The maximum Gasteiger partial charge on any atom is 0.225 e. The Morgan fingerprint density at radius 1 is 1.17 bits per heavy atom. The SMILES string of the molecule is CC(C)Nc1nc(NC2(c3ccccc3Cl)CC2)c2sccc2n1. The smallest absolute Gasteiger partial charge is 0.225 e. The second-order valence-electron chi connectivity index (χ2n) is 6.52. The van der Waals surface area contributed by atoms with Crippen LogP contribution in [0.5, 0.6) is 0 Å². The number of rotatable bonds is 5. The van der Waals surface area contributed by atoms with Crippen molar-refractivity contribution in [3.63, 3.8) is 0 Å². The highest BCUT2D eigenvalue weighted by atomic mass is 35.5. The third-order valence-corrected chi connectivity index (χ3v) is 5.46. The quantitative estimate of drug-likeness (QED) is 0.652. The molecule has 0 bridgehead atoms. The molecule has 24 heavy (non-hydrogen) atoms. The number of anilines is 2. The first kappa shape index (κ1) is 15.7. The van der Waals surface area contributed by atoms with Gasteiger partial charge in [-0.3, -0.25) is 0 Å². The summed E-state index contributed by atoms with van der Waals surface area (Å²) in [6.45, 7) is 4.17. The van der Waals surface area contributed by atoms with Gasteiger partial charge >= 0.3 is 0 Å². The Balaban J connectivity index is 1.74. The fraction of sp³-hybridized carbons (Fsp3) is 0.333. The van der Waals surface area contributed by atoms with Crippen LogP contribution in [0.4, 0.5) is 11.8 Å². The van der Waals surface area contributed by atoms with Gasteiger partial charge in [0.15, 0.2) is 0 Å². The van der Waals surface area contributed by atoms with Crippen molar-refractivity contribution in [2.45, 2.75) is 38.3 Å². The fourth-order valence-corrected chi connectivity index (χ4v) is 4.03. The molecule has 2 N–H and O–H groups in total.